The molecule has 1 amide bonds. The Morgan fingerprint density at radius 1 is 1.17 bits per heavy atom. The van der Waals surface area contributed by atoms with E-state index in [1.54, 1.807) is 12.1 Å². The Labute approximate surface area is 138 Å². The molecule has 130 valence electrons. The number of hydrogen-bond acceptors (Lipinski definition) is 3. The van der Waals surface area contributed by atoms with Gasteiger partial charge < -0.3 is 10.2 Å². The minimum atomic E-state index is -4.51. The average molecular weight is 340 g/mol. The second-order valence-corrected chi connectivity index (χ2v) is 5.16. The van der Waals surface area contributed by atoms with Crippen molar-refractivity contribution in [1.82, 2.24) is 9.78 Å². The largest absolute Gasteiger partial charge is 0.435 e. The van der Waals surface area contributed by atoms with E-state index in [0.717, 1.165) is 35.7 Å². The third-order valence-electron chi connectivity index (χ3n) is 3.52. The number of carbonyl (C=O) groups excluding carboxylic acids is 1. The summed E-state index contributed by atoms with van der Waals surface area (Å²) in [5.41, 5.74) is 0.609. The zero-order valence-electron chi connectivity index (χ0n) is 13.5. The van der Waals surface area contributed by atoms with Gasteiger partial charge in [0.25, 0.3) is 0 Å². The van der Waals surface area contributed by atoms with Crippen LogP contribution in [-0.4, -0.2) is 28.8 Å². The first-order valence-electron chi connectivity index (χ1n) is 7.59. The van der Waals surface area contributed by atoms with Gasteiger partial charge in [-0.3, -0.25) is 9.48 Å². The van der Waals surface area contributed by atoms with E-state index in [2.05, 4.69) is 29.2 Å². The second-order valence-electron chi connectivity index (χ2n) is 5.16. The van der Waals surface area contributed by atoms with Crippen LogP contribution >= 0.6 is 0 Å². The lowest BCUT2D eigenvalue weighted by molar-refractivity contribution is -0.141. The summed E-state index contributed by atoms with van der Waals surface area (Å²) in [4.78, 5) is 14.1. The van der Waals surface area contributed by atoms with E-state index in [1.807, 2.05) is 12.1 Å². The van der Waals surface area contributed by atoms with Gasteiger partial charge in [0, 0.05) is 30.7 Å². The fourth-order valence-corrected chi connectivity index (χ4v) is 2.29. The van der Waals surface area contributed by atoms with E-state index in [-0.39, 0.29) is 6.54 Å². The fraction of sp³-hybridized carbons (Fsp3) is 0.375. The van der Waals surface area contributed by atoms with Crippen LogP contribution in [0.3, 0.4) is 0 Å². The van der Waals surface area contributed by atoms with Crippen LogP contribution in [-0.2, 0) is 17.5 Å². The number of benzene rings is 1. The number of nitrogens with zero attached hydrogens (tertiary/aromatic N) is 3. The molecule has 0 aliphatic carbocycles. The van der Waals surface area contributed by atoms with E-state index in [0.29, 0.717) is 5.69 Å². The Hall–Kier alpha value is -2.51. The van der Waals surface area contributed by atoms with Gasteiger partial charge in [-0.2, -0.15) is 18.3 Å². The predicted molar refractivity (Wildman–Crippen MR) is 85.9 cm³/mol. The van der Waals surface area contributed by atoms with E-state index in [1.165, 1.54) is 0 Å². The molecule has 0 aliphatic heterocycles. The highest BCUT2D eigenvalue weighted by molar-refractivity contribution is 5.90. The van der Waals surface area contributed by atoms with Crippen LogP contribution in [0.4, 0.5) is 24.5 Å². The van der Waals surface area contributed by atoms with Crippen LogP contribution in [0.2, 0.25) is 0 Å². The van der Waals surface area contributed by atoms with Crippen molar-refractivity contribution in [3.8, 4) is 0 Å². The SMILES string of the molecule is CCN(CC)c1ccc(NC(=O)Cn2ccc(C(F)(F)F)n2)cc1. The molecule has 1 aromatic carbocycles. The Kier molecular flexibility index (Phi) is 5.48. The highest BCUT2D eigenvalue weighted by atomic mass is 19.4. The quantitative estimate of drug-likeness (QED) is 0.877. The van der Waals surface area contributed by atoms with Crippen LogP contribution in [0, 0.1) is 0 Å². The van der Waals surface area contributed by atoms with E-state index in [4.69, 9.17) is 0 Å². The van der Waals surface area contributed by atoms with E-state index in [9.17, 15) is 18.0 Å². The fourth-order valence-electron chi connectivity index (χ4n) is 2.29. The van der Waals surface area contributed by atoms with Gasteiger partial charge >= 0.3 is 6.18 Å². The van der Waals surface area contributed by atoms with Crippen LogP contribution < -0.4 is 10.2 Å². The van der Waals surface area contributed by atoms with E-state index < -0.39 is 17.8 Å². The number of anilines is 2. The second kappa shape index (κ2) is 7.37. The molecule has 0 saturated heterocycles. The van der Waals surface area contributed by atoms with Crippen molar-refractivity contribution >= 4 is 17.3 Å². The molecule has 0 saturated carbocycles. The van der Waals surface area contributed by atoms with Crippen LogP contribution in [0.1, 0.15) is 19.5 Å². The van der Waals surface area contributed by atoms with Crippen molar-refractivity contribution in [2.24, 2.45) is 0 Å². The number of alkyl halides is 3. The summed E-state index contributed by atoms with van der Waals surface area (Å²) in [6, 6.07) is 8.13. The molecule has 0 fully saturated rings. The van der Waals surface area contributed by atoms with Gasteiger partial charge in [0.1, 0.15) is 6.54 Å². The van der Waals surface area contributed by atoms with Crippen LogP contribution in [0.15, 0.2) is 36.5 Å². The summed E-state index contributed by atoms with van der Waals surface area (Å²) < 4.78 is 38.4. The predicted octanol–water partition coefficient (Wildman–Crippen LogP) is 3.39. The molecule has 2 rings (SSSR count). The molecule has 1 heterocycles. The standard InChI is InChI=1S/C16H19F3N4O/c1-3-22(4-2)13-7-5-12(6-8-13)20-15(24)11-23-10-9-14(21-23)16(17,18)19/h5-10H,3-4,11H2,1-2H3,(H,20,24). The Bertz CT molecular complexity index is 675. The summed E-state index contributed by atoms with van der Waals surface area (Å²) in [5, 5.41) is 5.99. The molecular formula is C16H19F3N4O. The first-order valence-corrected chi connectivity index (χ1v) is 7.59. The lowest BCUT2D eigenvalue weighted by Crippen LogP contribution is -2.22. The highest BCUT2D eigenvalue weighted by Crippen LogP contribution is 2.27. The lowest BCUT2D eigenvalue weighted by atomic mass is 10.2. The van der Waals surface area contributed by atoms with Gasteiger partial charge in [0.15, 0.2) is 5.69 Å². The van der Waals surface area contributed by atoms with Gasteiger partial charge in [-0.25, -0.2) is 0 Å². The molecule has 0 unspecified atom stereocenters. The third kappa shape index (κ3) is 4.50. The molecule has 0 radical (unpaired) electrons. The van der Waals surface area contributed by atoms with Gasteiger partial charge in [-0.15, -0.1) is 0 Å². The maximum atomic E-state index is 12.5. The first kappa shape index (κ1) is 17.8. The van der Waals surface area contributed by atoms with Crippen molar-refractivity contribution in [2.75, 3.05) is 23.3 Å². The zero-order chi connectivity index (χ0) is 17.7. The van der Waals surface area contributed by atoms with Crippen molar-refractivity contribution in [2.45, 2.75) is 26.6 Å². The number of carbonyl (C=O) groups is 1. The van der Waals surface area contributed by atoms with Crippen LogP contribution in [0.5, 0.6) is 0 Å². The summed E-state index contributed by atoms with van der Waals surface area (Å²) in [5.74, 6) is -0.442. The maximum absolute atomic E-state index is 12.5. The lowest BCUT2D eigenvalue weighted by Gasteiger charge is -2.21. The minimum Gasteiger partial charge on any atom is -0.372 e. The van der Waals surface area contributed by atoms with Gasteiger partial charge in [-0.05, 0) is 44.2 Å². The average Bonchev–Trinajstić information content (AvgIpc) is 2.98. The highest BCUT2D eigenvalue weighted by Gasteiger charge is 2.33. The van der Waals surface area contributed by atoms with Crippen molar-refractivity contribution < 1.29 is 18.0 Å². The summed E-state index contributed by atoms with van der Waals surface area (Å²) in [7, 11) is 0. The monoisotopic (exact) mass is 340 g/mol. The topological polar surface area (TPSA) is 50.2 Å². The minimum absolute atomic E-state index is 0.284. The zero-order valence-corrected chi connectivity index (χ0v) is 13.5. The molecule has 24 heavy (non-hydrogen) atoms. The maximum Gasteiger partial charge on any atom is 0.435 e. The molecule has 2 aromatic rings. The van der Waals surface area contributed by atoms with E-state index >= 15 is 0 Å². The van der Waals surface area contributed by atoms with Crippen LogP contribution in [0.25, 0.3) is 0 Å². The molecule has 0 aliphatic rings. The summed E-state index contributed by atoms with van der Waals surface area (Å²) >= 11 is 0. The van der Waals surface area contributed by atoms with Crippen molar-refractivity contribution in [3.63, 3.8) is 0 Å². The molecular weight excluding hydrogens is 321 g/mol. The molecule has 0 atom stereocenters. The van der Waals surface area contributed by atoms with Crippen molar-refractivity contribution in [1.29, 1.82) is 0 Å². The summed E-state index contributed by atoms with van der Waals surface area (Å²) in [6.45, 7) is 5.58. The van der Waals surface area contributed by atoms with Gasteiger partial charge in [0.05, 0.1) is 0 Å². The number of halogens is 3. The smallest absolute Gasteiger partial charge is 0.372 e. The molecule has 8 heteroatoms. The number of nitrogens with one attached hydrogen (secondary N) is 1. The Morgan fingerprint density at radius 2 is 1.79 bits per heavy atom. The van der Waals surface area contributed by atoms with Gasteiger partial charge in [-0.1, -0.05) is 0 Å². The number of hydrogen-bond donors (Lipinski definition) is 1. The molecule has 0 bridgehead atoms. The summed E-state index contributed by atoms with van der Waals surface area (Å²) in [6.07, 6.45) is -3.38. The van der Waals surface area contributed by atoms with Crippen molar-refractivity contribution in [3.05, 3.63) is 42.2 Å². The number of rotatable bonds is 6. The third-order valence-corrected chi connectivity index (χ3v) is 3.52. The number of aromatic nitrogens is 2. The molecule has 0 spiro atoms. The molecule has 1 aromatic heterocycles. The molecule has 5 nitrogen and oxygen atoms in total. The normalized spacial score (nSPS) is 11.4. The first-order chi connectivity index (χ1) is 11.3. The number of amides is 1. The Balaban J connectivity index is 1.96. The molecule has 1 N–H and O–H groups in total. The van der Waals surface area contributed by atoms with Gasteiger partial charge in [0.2, 0.25) is 5.91 Å². The Morgan fingerprint density at radius 3 is 2.29 bits per heavy atom.